The second-order valence-electron chi connectivity index (χ2n) is 33.2. The summed E-state index contributed by atoms with van der Waals surface area (Å²) < 4.78 is 160. The molecular weight excluding hydrogens is 1450 g/mol. The van der Waals surface area contributed by atoms with Crippen molar-refractivity contribution < 1.29 is 50.9 Å². The van der Waals surface area contributed by atoms with Gasteiger partial charge in [0.05, 0.1) is 37.3 Å². The number of para-hydroxylation sites is 1. The maximum absolute atomic E-state index is 10.3. The molecule has 0 fully saturated rings. The van der Waals surface area contributed by atoms with E-state index in [1.165, 1.54) is 5.56 Å². The van der Waals surface area contributed by atoms with Crippen molar-refractivity contribution in [2.75, 3.05) is 0 Å². The zero-order chi connectivity index (χ0) is 84.3. The van der Waals surface area contributed by atoms with E-state index in [0.29, 0.717) is 45.1 Å². The summed E-state index contributed by atoms with van der Waals surface area (Å²) in [7, 11) is -5.90. The number of nitrogens with zero attached hydrogens (tertiary/aromatic N) is 4. The van der Waals surface area contributed by atoms with Gasteiger partial charge in [-0.25, -0.2) is 4.98 Å². The first kappa shape index (κ1) is 53.4. The molecule has 16 rings (SSSR count). The van der Waals surface area contributed by atoms with E-state index < -0.39 is 120 Å². The zero-order valence-electron chi connectivity index (χ0n) is 76.4. The third-order valence-corrected chi connectivity index (χ3v) is 25.5. The molecular formula is C96H92N4OPtSi-2. The van der Waals surface area contributed by atoms with Gasteiger partial charge in [-0.05, 0) is 179 Å². The van der Waals surface area contributed by atoms with Crippen molar-refractivity contribution in [3.63, 3.8) is 0 Å². The zero-order valence-corrected chi connectivity index (χ0v) is 64.6. The van der Waals surface area contributed by atoms with Crippen LogP contribution in [0.25, 0.3) is 94.5 Å². The van der Waals surface area contributed by atoms with Gasteiger partial charge in [0.1, 0.15) is 5.82 Å². The maximum Gasteiger partial charge on any atom is 0.268 e. The van der Waals surface area contributed by atoms with E-state index >= 15 is 0 Å². The normalized spacial score (nSPS) is 16.3. The Bertz CT molecular complexity index is 6340. The average molecular weight is 1560 g/mol. The van der Waals surface area contributed by atoms with Crippen molar-refractivity contribution in [2.45, 2.75) is 156 Å². The van der Waals surface area contributed by atoms with E-state index in [9.17, 15) is 16.4 Å². The largest absolute Gasteiger partial charge is 0.510 e. The van der Waals surface area contributed by atoms with E-state index in [2.05, 4.69) is 205 Å². The van der Waals surface area contributed by atoms with Crippen LogP contribution in [0.1, 0.15) is 178 Å². The first-order chi connectivity index (χ1) is 54.8. The molecule has 0 saturated heterocycles. The summed E-state index contributed by atoms with van der Waals surface area (Å²) >= 11 is 0. The van der Waals surface area contributed by atoms with Crippen molar-refractivity contribution in [1.29, 1.82) is 0 Å². The monoisotopic (exact) mass is 1550 g/mol. The summed E-state index contributed by atoms with van der Waals surface area (Å²) in [4.78, 5) is 4.94. The minimum absolute atomic E-state index is 0. The van der Waals surface area contributed by atoms with Gasteiger partial charge in [0.15, 0.2) is 8.07 Å². The average Bonchev–Trinajstić information content (AvgIpc) is 1.02. The number of hydrogen-bond donors (Lipinski definition) is 0. The third-order valence-electron chi connectivity index (χ3n) is 21.4. The molecule has 3 aromatic heterocycles. The van der Waals surface area contributed by atoms with Gasteiger partial charge in [-0.2, -0.15) is 18.2 Å². The van der Waals surface area contributed by atoms with Gasteiger partial charge in [0.25, 0.3) is 6.33 Å². The molecule has 2 aliphatic rings. The Balaban J connectivity index is 0.0000109. The number of benzene rings is 11. The second kappa shape index (κ2) is 25.2. The van der Waals surface area contributed by atoms with E-state index in [1.807, 2.05) is 66.9 Å². The Morgan fingerprint density at radius 3 is 1.56 bits per heavy atom. The molecule has 0 amide bonds. The Morgan fingerprint density at radius 1 is 0.456 bits per heavy atom. The van der Waals surface area contributed by atoms with E-state index in [0.717, 1.165) is 90.3 Å². The van der Waals surface area contributed by atoms with Crippen LogP contribution in [0.15, 0.2) is 242 Å². The van der Waals surface area contributed by atoms with Crippen LogP contribution >= 0.6 is 0 Å². The van der Waals surface area contributed by atoms with Crippen molar-refractivity contribution >= 4 is 61.7 Å². The van der Waals surface area contributed by atoms with Crippen LogP contribution < -0.4 is 30.1 Å². The minimum Gasteiger partial charge on any atom is -0.510 e. The molecule has 0 N–H and O–H groups in total. The van der Waals surface area contributed by atoms with Gasteiger partial charge in [-0.15, -0.1) is 29.7 Å². The van der Waals surface area contributed by atoms with Gasteiger partial charge in [-0.3, -0.25) is 4.57 Å². The number of aromatic nitrogens is 4. The number of fused-ring (bicyclic) bond motifs is 11. The van der Waals surface area contributed by atoms with Gasteiger partial charge >= 0.3 is 0 Å². The number of hydrogen-bond acceptors (Lipinski definition) is 2. The maximum atomic E-state index is 10.3. The molecule has 0 atom stereocenters. The summed E-state index contributed by atoms with van der Waals surface area (Å²) in [5.74, 6) is 1.27. The molecule has 1 aliphatic heterocycles. The molecule has 7 heteroatoms. The molecule has 0 unspecified atom stereocenters. The summed E-state index contributed by atoms with van der Waals surface area (Å²) in [5, 5.41) is -0.0295. The van der Waals surface area contributed by atoms with Crippen LogP contribution in [0.3, 0.4) is 0 Å². The third kappa shape index (κ3) is 11.9. The van der Waals surface area contributed by atoms with Crippen LogP contribution in [0.5, 0.6) is 11.5 Å². The molecule has 5 nitrogen and oxygen atoms in total. The van der Waals surface area contributed by atoms with Crippen molar-refractivity contribution in [3.8, 4) is 73.2 Å². The molecule has 1 aliphatic carbocycles. The summed E-state index contributed by atoms with van der Waals surface area (Å²) in [6, 6.07) is 43.5. The van der Waals surface area contributed by atoms with E-state index in [-0.39, 0.29) is 64.6 Å². The smallest absolute Gasteiger partial charge is 0.268 e. The standard InChI is InChI=1S/C96H92N4OSi.Pt/c1-91(2,3)63-45-48-97-88(54-63)100-85-42-29-28-41-76(85)77-44-43-69(56-86(77)100)101-68-32-30-31-67(55-68)98-61-99-89-78(62-49-64(92(4,5)6)51-65(50-62)93(7,8)9)52-66(94(10,11)12)53-81(89)80-60-84-83(95(13,14)46-47-96(84,15)16)59-79(80)74-39-26-27-40-75(74)82-57-73(58-87(98)90(82)99)102(70-33-20-17-21-34-70,71-35-22-18-23-36-71)72-37-24-19-25-38-72;/h17-45,48-54,57-60H,46-47H2,1-16H3;/q-2;/i17D,18D,19D,20D,21D,22D,23D,24D,25D,33D,34D,35D,36D,37D,38D;. The van der Waals surface area contributed by atoms with Crippen molar-refractivity contribution in [3.05, 3.63) is 294 Å². The molecule has 0 radical (unpaired) electrons. The van der Waals surface area contributed by atoms with Crippen LogP contribution in [0, 0.1) is 18.5 Å². The molecule has 0 spiro atoms. The summed E-state index contributed by atoms with van der Waals surface area (Å²) in [5.41, 5.74) is 14.1. The number of ether oxygens (including phenoxy) is 1. The fourth-order valence-corrected chi connectivity index (χ4v) is 19.3. The van der Waals surface area contributed by atoms with Crippen molar-refractivity contribution in [1.82, 2.24) is 14.1 Å². The van der Waals surface area contributed by atoms with Crippen LogP contribution in [0.2, 0.25) is 0 Å². The van der Waals surface area contributed by atoms with Crippen LogP contribution in [-0.4, -0.2) is 22.2 Å². The molecule has 4 heterocycles. The molecule has 0 saturated carbocycles. The minimum atomic E-state index is -5.90. The molecule has 518 valence electrons. The van der Waals surface area contributed by atoms with Gasteiger partial charge in [0.2, 0.25) is 0 Å². The Morgan fingerprint density at radius 2 is 0.981 bits per heavy atom. The number of imidazole rings is 1. The van der Waals surface area contributed by atoms with Crippen LogP contribution in [0.4, 0.5) is 0 Å². The fraction of sp³-hybridized carbons (Fsp3) is 0.250. The second-order valence-corrected chi connectivity index (χ2v) is 36.8. The topological polar surface area (TPSA) is 35.9 Å². The molecule has 11 aromatic carbocycles. The van der Waals surface area contributed by atoms with E-state index in [1.54, 1.807) is 22.8 Å². The number of pyridine rings is 1. The predicted octanol–water partition coefficient (Wildman–Crippen LogP) is 21.5. The van der Waals surface area contributed by atoms with Crippen molar-refractivity contribution in [2.24, 2.45) is 0 Å². The Hall–Kier alpha value is -9.45. The first-order valence-corrected chi connectivity index (χ1v) is 37.3. The molecule has 0 bridgehead atoms. The first-order valence-electron chi connectivity index (χ1n) is 42.8. The predicted molar refractivity (Wildman–Crippen MR) is 429 cm³/mol. The van der Waals surface area contributed by atoms with Gasteiger partial charge in [-0.1, -0.05) is 298 Å². The SMILES string of the molecule is [2H]c1c([2H])c([2H])c([Si](c2cc3c4c(c2)n(-c2[c-]c(Oc5[c-]c6c(cc5)c5ccccc5n6-c5cc(C(C)(C)C)ccn5)ccc2)[c-][n+]4-c2c(-c4cc(C(C)(C)C)cc(C(C)(C)C)c4)cc(C(C)(C)C)cc2-c2cc4c(cc2-c2ccccc2-3)C(C)(C)CCC4(C)C)(c2c([2H])c([2H])c([2H])c([2H])c2[2H])c2c([2H])c([2H])c([2H])c([2H])c2[2H])c([2H])c1[2H].[Pt]. The molecule has 14 aromatic rings. The van der Waals surface area contributed by atoms with Gasteiger partial charge < -0.3 is 13.9 Å². The summed E-state index contributed by atoms with van der Waals surface area (Å²) in [6.07, 6.45) is 7.61. The Kier molecular flexibility index (Phi) is 13.0. The van der Waals surface area contributed by atoms with Crippen LogP contribution in [-0.2, 0) is 53.6 Å². The van der Waals surface area contributed by atoms with Gasteiger partial charge in [0, 0.05) is 44.3 Å². The van der Waals surface area contributed by atoms with E-state index in [4.69, 9.17) is 13.8 Å². The number of rotatable bonds is 9. The quantitative estimate of drug-likeness (QED) is 0.0625. The fourth-order valence-electron chi connectivity index (χ4n) is 15.4. The summed E-state index contributed by atoms with van der Waals surface area (Å²) in [6.45, 7) is 35.7. The Labute approximate surface area is 646 Å². The molecule has 103 heavy (non-hydrogen) atoms.